The van der Waals surface area contributed by atoms with E-state index in [1.807, 2.05) is 12.1 Å². The molecule has 2 rings (SSSR count). The number of nitrogen functional groups attached to an aromatic ring is 1. The number of rotatable bonds is 1. The van der Waals surface area contributed by atoms with E-state index >= 15 is 0 Å². The van der Waals surface area contributed by atoms with Crippen LogP contribution in [0.3, 0.4) is 0 Å². The largest absolute Gasteiger partial charge is 0.506 e. The van der Waals surface area contributed by atoms with Gasteiger partial charge in [-0.3, -0.25) is 0 Å². The lowest BCUT2D eigenvalue weighted by Crippen LogP contribution is -1.85. The third-order valence-electron chi connectivity index (χ3n) is 1.88. The number of hydrogen-bond donors (Lipinski definition) is 2. The van der Waals surface area contributed by atoms with E-state index in [2.05, 4.69) is 0 Å². The molecule has 0 spiro atoms. The molecule has 0 bridgehead atoms. The summed E-state index contributed by atoms with van der Waals surface area (Å²) < 4.78 is 4.93. The smallest absolute Gasteiger partial charge is 0.139 e. The van der Waals surface area contributed by atoms with E-state index < -0.39 is 0 Å². The number of anilines is 1. The van der Waals surface area contributed by atoms with Gasteiger partial charge in [0.1, 0.15) is 5.75 Å². The van der Waals surface area contributed by atoms with Crippen molar-refractivity contribution in [3.05, 3.63) is 36.8 Å². The lowest BCUT2D eigenvalue weighted by Gasteiger charge is -2.00. The van der Waals surface area contributed by atoms with Crippen molar-refractivity contribution in [3.63, 3.8) is 0 Å². The number of phenols is 1. The van der Waals surface area contributed by atoms with E-state index in [1.165, 1.54) is 0 Å². The maximum Gasteiger partial charge on any atom is 0.139 e. The Morgan fingerprint density at radius 3 is 2.62 bits per heavy atom. The predicted octanol–water partition coefficient (Wildman–Crippen LogP) is 2.23. The Morgan fingerprint density at radius 1 is 1.15 bits per heavy atom. The van der Waals surface area contributed by atoms with Gasteiger partial charge in [-0.25, -0.2) is 0 Å². The van der Waals surface area contributed by atoms with Crippen LogP contribution in [-0.4, -0.2) is 5.11 Å². The van der Waals surface area contributed by atoms with E-state index in [1.54, 1.807) is 24.7 Å². The quantitative estimate of drug-likeness (QED) is 0.516. The van der Waals surface area contributed by atoms with Crippen LogP contribution in [0, 0.1) is 0 Å². The molecule has 66 valence electrons. The Balaban J connectivity index is 2.49. The summed E-state index contributed by atoms with van der Waals surface area (Å²) >= 11 is 0. The van der Waals surface area contributed by atoms with E-state index in [4.69, 9.17) is 10.2 Å². The Hall–Kier alpha value is -1.90. The zero-order chi connectivity index (χ0) is 9.26. The highest BCUT2D eigenvalue weighted by Gasteiger charge is 2.01. The average Bonchev–Trinajstić information content (AvgIpc) is 2.62. The van der Waals surface area contributed by atoms with Crippen molar-refractivity contribution in [1.82, 2.24) is 0 Å². The fraction of sp³-hybridized carbons (Fsp3) is 0. The average molecular weight is 175 g/mol. The lowest BCUT2D eigenvalue weighted by atomic mass is 10.1. The number of benzene rings is 1. The zero-order valence-electron chi connectivity index (χ0n) is 6.90. The molecule has 0 aliphatic rings. The van der Waals surface area contributed by atoms with Crippen molar-refractivity contribution in [3.8, 4) is 16.9 Å². The molecule has 3 nitrogen and oxygen atoms in total. The summed E-state index contributed by atoms with van der Waals surface area (Å²) in [7, 11) is 0. The Morgan fingerprint density at radius 2 is 2.00 bits per heavy atom. The number of nitrogens with two attached hydrogens (primary N) is 1. The molecule has 0 unspecified atom stereocenters. The first-order valence-corrected chi connectivity index (χ1v) is 3.88. The van der Waals surface area contributed by atoms with Gasteiger partial charge in [0, 0.05) is 5.56 Å². The standard InChI is InChI=1S/C10H9NO2/c11-9-2-1-7(5-10(9)12)8-3-4-13-6-8/h1-6,12H,11H2. The van der Waals surface area contributed by atoms with Gasteiger partial charge in [0.2, 0.25) is 0 Å². The van der Waals surface area contributed by atoms with Crippen LogP contribution in [0.1, 0.15) is 0 Å². The molecule has 0 fully saturated rings. The number of aromatic hydroxyl groups is 1. The van der Waals surface area contributed by atoms with Crippen LogP contribution in [0.25, 0.3) is 11.1 Å². The Kier molecular flexibility index (Phi) is 1.70. The Bertz CT molecular complexity index is 407. The van der Waals surface area contributed by atoms with Gasteiger partial charge in [-0.2, -0.15) is 0 Å². The van der Waals surface area contributed by atoms with Crippen LogP contribution in [0.5, 0.6) is 5.75 Å². The van der Waals surface area contributed by atoms with Crippen molar-refractivity contribution in [2.45, 2.75) is 0 Å². The molecular weight excluding hydrogens is 166 g/mol. The van der Waals surface area contributed by atoms with Gasteiger partial charge in [-0.1, -0.05) is 6.07 Å². The summed E-state index contributed by atoms with van der Waals surface area (Å²) in [5.74, 6) is 0.0960. The molecular formula is C10H9NO2. The topological polar surface area (TPSA) is 59.4 Å². The maximum absolute atomic E-state index is 9.34. The van der Waals surface area contributed by atoms with Crippen LogP contribution < -0.4 is 5.73 Å². The second kappa shape index (κ2) is 2.86. The van der Waals surface area contributed by atoms with Gasteiger partial charge in [-0.05, 0) is 23.8 Å². The molecule has 3 N–H and O–H groups in total. The van der Waals surface area contributed by atoms with Gasteiger partial charge in [0.05, 0.1) is 18.2 Å². The Labute approximate surface area is 75.4 Å². The molecule has 1 heterocycles. The van der Waals surface area contributed by atoms with E-state index in [0.29, 0.717) is 5.69 Å². The number of hydrogen-bond acceptors (Lipinski definition) is 3. The van der Waals surface area contributed by atoms with Crippen LogP contribution in [-0.2, 0) is 0 Å². The summed E-state index contributed by atoms with van der Waals surface area (Å²) in [6.07, 6.45) is 3.20. The monoisotopic (exact) mass is 175 g/mol. The van der Waals surface area contributed by atoms with E-state index in [9.17, 15) is 5.11 Å². The molecule has 13 heavy (non-hydrogen) atoms. The van der Waals surface area contributed by atoms with Gasteiger partial charge >= 0.3 is 0 Å². The zero-order valence-corrected chi connectivity index (χ0v) is 6.90. The fourth-order valence-corrected chi connectivity index (χ4v) is 1.15. The first kappa shape index (κ1) is 7.73. The molecule has 1 aromatic heterocycles. The van der Waals surface area contributed by atoms with Gasteiger partial charge in [-0.15, -0.1) is 0 Å². The summed E-state index contributed by atoms with van der Waals surface area (Å²) in [6.45, 7) is 0. The first-order chi connectivity index (χ1) is 6.27. The highest BCUT2D eigenvalue weighted by molar-refractivity contribution is 5.68. The maximum atomic E-state index is 9.34. The van der Waals surface area contributed by atoms with Crippen molar-refractivity contribution < 1.29 is 9.52 Å². The fourth-order valence-electron chi connectivity index (χ4n) is 1.15. The van der Waals surface area contributed by atoms with Crippen LogP contribution in [0.2, 0.25) is 0 Å². The van der Waals surface area contributed by atoms with Gasteiger partial charge in [0.15, 0.2) is 0 Å². The summed E-state index contributed by atoms with van der Waals surface area (Å²) in [4.78, 5) is 0. The number of furan rings is 1. The molecule has 0 saturated heterocycles. The molecule has 0 aliphatic heterocycles. The van der Waals surface area contributed by atoms with Crippen molar-refractivity contribution in [1.29, 1.82) is 0 Å². The lowest BCUT2D eigenvalue weighted by molar-refractivity contribution is 0.478. The van der Waals surface area contributed by atoms with Crippen LogP contribution in [0.15, 0.2) is 41.2 Å². The molecule has 0 atom stereocenters. The van der Waals surface area contributed by atoms with Gasteiger partial charge < -0.3 is 15.3 Å². The molecule has 0 radical (unpaired) electrons. The third-order valence-corrected chi connectivity index (χ3v) is 1.88. The second-order valence-electron chi connectivity index (χ2n) is 2.79. The van der Waals surface area contributed by atoms with Crippen molar-refractivity contribution in [2.75, 3.05) is 5.73 Å². The number of phenolic OH excluding ortho intramolecular Hbond substituents is 1. The predicted molar refractivity (Wildman–Crippen MR) is 50.2 cm³/mol. The molecule has 2 aromatic rings. The highest BCUT2D eigenvalue weighted by atomic mass is 16.3. The minimum absolute atomic E-state index is 0.0960. The highest BCUT2D eigenvalue weighted by Crippen LogP contribution is 2.27. The summed E-state index contributed by atoms with van der Waals surface area (Å²) in [5, 5.41) is 9.34. The SMILES string of the molecule is Nc1ccc(-c2ccoc2)cc1O. The first-order valence-electron chi connectivity index (χ1n) is 3.88. The molecule has 3 heteroatoms. The van der Waals surface area contributed by atoms with Crippen molar-refractivity contribution >= 4 is 5.69 Å². The van der Waals surface area contributed by atoms with Crippen LogP contribution >= 0.6 is 0 Å². The van der Waals surface area contributed by atoms with Crippen molar-refractivity contribution in [2.24, 2.45) is 0 Å². The minimum atomic E-state index is 0.0960. The molecule has 0 saturated carbocycles. The molecule has 1 aromatic carbocycles. The van der Waals surface area contributed by atoms with Crippen LogP contribution in [0.4, 0.5) is 5.69 Å². The summed E-state index contributed by atoms with van der Waals surface area (Å²) in [6, 6.07) is 6.93. The third kappa shape index (κ3) is 1.36. The van der Waals surface area contributed by atoms with Gasteiger partial charge in [0.25, 0.3) is 0 Å². The normalized spacial score (nSPS) is 10.2. The molecule has 0 aliphatic carbocycles. The molecule has 0 amide bonds. The van der Waals surface area contributed by atoms with E-state index in [0.717, 1.165) is 11.1 Å². The van der Waals surface area contributed by atoms with E-state index in [-0.39, 0.29) is 5.75 Å². The summed E-state index contributed by atoms with van der Waals surface area (Å²) in [5.41, 5.74) is 7.67. The minimum Gasteiger partial charge on any atom is -0.506 e. The second-order valence-corrected chi connectivity index (χ2v) is 2.79.